The van der Waals surface area contributed by atoms with Gasteiger partial charge in [-0.15, -0.1) is 0 Å². The summed E-state index contributed by atoms with van der Waals surface area (Å²) in [6, 6.07) is 11.8. The Bertz CT molecular complexity index is 771. The first-order valence-corrected chi connectivity index (χ1v) is 7.13. The summed E-state index contributed by atoms with van der Waals surface area (Å²) >= 11 is 0. The smallest absolute Gasteiger partial charge is 0.246 e. The molecule has 0 heterocycles. The fraction of sp³-hybridized carbons (Fsp3) is 0.158. The van der Waals surface area contributed by atoms with Gasteiger partial charge in [0.2, 0.25) is 5.91 Å². The van der Waals surface area contributed by atoms with E-state index in [1.807, 2.05) is 48.6 Å². The van der Waals surface area contributed by atoms with Crippen LogP contribution >= 0.6 is 0 Å². The number of carbonyl (C=O) groups excluding carboxylic acids is 1. The average Bonchev–Trinajstić information content (AvgIpc) is 2.81. The van der Waals surface area contributed by atoms with E-state index in [-0.39, 0.29) is 12.3 Å². The highest BCUT2D eigenvalue weighted by molar-refractivity contribution is 5.79. The van der Waals surface area contributed by atoms with Crippen LogP contribution in [0.4, 0.5) is 0 Å². The number of nitrogens with two attached hydrogens (primary N) is 1. The molecule has 1 aliphatic rings. The van der Waals surface area contributed by atoms with Crippen LogP contribution in [-0.4, -0.2) is 17.1 Å². The maximum absolute atomic E-state index is 11.0. The van der Waals surface area contributed by atoms with Crippen molar-refractivity contribution < 1.29 is 9.90 Å². The Morgan fingerprint density at radius 3 is 2.83 bits per heavy atom. The summed E-state index contributed by atoms with van der Waals surface area (Å²) in [5.74, 6) is 5.29. The molecule has 114 valence electrons. The van der Waals surface area contributed by atoms with Crippen molar-refractivity contribution in [1.82, 2.24) is 0 Å². The number of aliphatic hydroxyl groups excluding tert-OH is 1. The lowest BCUT2D eigenvalue weighted by molar-refractivity contribution is -0.125. The first kappa shape index (κ1) is 16.3. The van der Waals surface area contributed by atoms with Crippen LogP contribution < -0.4 is 5.73 Å². The lowest BCUT2D eigenvalue weighted by Gasteiger charge is -2.09. The van der Waals surface area contributed by atoms with Crippen molar-refractivity contribution in [2.75, 3.05) is 0 Å². The first-order chi connectivity index (χ1) is 11.1. The number of nitrogens with zero attached hydrogens (tertiary/aromatic N) is 1. The quantitative estimate of drug-likeness (QED) is 0.644. The van der Waals surface area contributed by atoms with Gasteiger partial charge in [0.05, 0.1) is 12.0 Å². The van der Waals surface area contributed by atoms with E-state index in [1.165, 1.54) is 6.08 Å². The van der Waals surface area contributed by atoms with Crippen LogP contribution in [0.2, 0.25) is 0 Å². The van der Waals surface area contributed by atoms with Crippen LogP contribution in [0, 0.1) is 23.2 Å². The highest BCUT2D eigenvalue weighted by Crippen LogP contribution is 2.22. The molecule has 0 aliphatic heterocycles. The van der Waals surface area contributed by atoms with Crippen LogP contribution in [0.25, 0.3) is 0 Å². The van der Waals surface area contributed by atoms with Gasteiger partial charge < -0.3 is 10.8 Å². The maximum Gasteiger partial charge on any atom is 0.246 e. The second-order valence-electron chi connectivity index (χ2n) is 5.04. The van der Waals surface area contributed by atoms with Crippen LogP contribution in [0.3, 0.4) is 0 Å². The van der Waals surface area contributed by atoms with Gasteiger partial charge in [0.25, 0.3) is 0 Å². The molecule has 2 unspecified atom stereocenters. The minimum Gasteiger partial charge on any atom is -0.383 e. The minimum absolute atomic E-state index is 0.0345. The Morgan fingerprint density at radius 1 is 1.43 bits per heavy atom. The molecule has 1 aliphatic carbocycles. The third-order valence-electron chi connectivity index (χ3n) is 3.41. The van der Waals surface area contributed by atoms with E-state index < -0.39 is 12.0 Å². The van der Waals surface area contributed by atoms with Gasteiger partial charge in [-0.3, -0.25) is 4.79 Å². The zero-order valence-corrected chi connectivity index (χ0v) is 12.4. The molecule has 0 saturated heterocycles. The molecule has 0 spiro atoms. The van der Waals surface area contributed by atoms with Crippen molar-refractivity contribution in [2.24, 2.45) is 5.73 Å². The molecule has 4 nitrogen and oxygen atoms in total. The highest BCUT2D eigenvalue weighted by Gasteiger charge is 2.16. The molecule has 0 fully saturated rings. The van der Waals surface area contributed by atoms with Gasteiger partial charge >= 0.3 is 0 Å². The van der Waals surface area contributed by atoms with Gasteiger partial charge in [-0.2, -0.15) is 5.26 Å². The number of rotatable bonds is 5. The molecule has 1 aromatic carbocycles. The molecule has 1 amide bonds. The number of aliphatic hydroxyl groups is 1. The Labute approximate surface area is 135 Å². The summed E-state index contributed by atoms with van der Waals surface area (Å²) in [6.07, 6.45) is 5.49. The number of allylic oxidation sites excluding steroid dienone is 5. The maximum atomic E-state index is 11.0. The Kier molecular flexibility index (Phi) is 5.52. The Hall–Kier alpha value is -3.08. The fourth-order valence-corrected chi connectivity index (χ4v) is 2.18. The molecule has 0 radical (unpaired) electrons. The third kappa shape index (κ3) is 4.44. The zero-order valence-electron chi connectivity index (χ0n) is 12.4. The van der Waals surface area contributed by atoms with Crippen molar-refractivity contribution in [1.29, 1.82) is 5.26 Å². The predicted molar refractivity (Wildman–Crippen MR) is 87.7 cm³/mol. The molecule has 23 heavy (non-hydrogen) atoms. The van der Waals surface area contributed by atoms with Crippen LogP contribution in [0.5, 0.6) is 0 Å². The molecular formula is C19H16N2O2. The van der Waals surface area contributed by atoms with E-state index in [0.29, 0.717) is 11.1 Å². The van der Waals surface area contributed by atoms with E-state index in [9.17, 15) is 9.90 Å². The number of benzene rings is 1. The molecule has 0 bridgehead atoms. The summed E-state index contributed by atoms with van der Waals surface area (Å²) in [5, 5.41) is 18.5. The van der Waals surface area contributed by atoms with E-state index in [1.54, 1.807) is 6.08 Å². The molecule has 0 aromatic heterocycles. The third-order valence-corrected chi connectivity index (χ3v) is 3.41. The summed E-state index contributed by atoms with van der Waals surface area (Å²) < 4.78 is 0. The topological polar surface area (TPSA) is 87.1 Å². The number of amides is 1. The largest absolute Gasteiger partial charge is 0.383 e. The van der Waals surface area contributed by atoms with Crippen molar-refractivity contribution in [3.05, 3.63) is 71.3 Å². The molecule has 4 heteroatoms. The lowest BCUT2D eigenvalue weighted by atomic mass is 9.98. The second-order valence-corrected chi connectivity index (χ2v) is 5.04. The predicted octanol–water partition coefficient (Wildman–Crippen LogP) is 1.96. The van der Waals surface area contributed by atoms with Crippen LogP contribution in [0.1, 0.15) is 17.9 Å². The van der Waals surface area contributed by atoms with Crippen LogP contribution in [-0.2, 0) is 4.79 Å². The van der Waals surface area contributed by atoms with Gasteiger partial charge in [-0.25, -0.2) is 0 Å². The molecule has 1 aromatic rings. The van der Waals surface area contributed by atoms with Crippen molar-refractivity contribution in [3.63, 3.8) is 0 Å². The molecule has 0 saturated carbocycles. The molecule has 2 atom stereocenters. The van der Waals surface area contributed by atoms with Gasteiger partial charge in [-0.1, -0.05) is 54.3 Å². The summed E-state index contributed by atoms with van der Waals surface area (Å²) in [7, 11) is 0. The summed E-state index contributed by atoms with van der Waals surface area (Å²) in [6.45, 7) is 0. The van der Waals surface area contributed by atoms with Gasteiger partial charge in [0.1, 0.15) is 6.10 Å². The SMILES string of the molecule is N#C/C=C(/CC(O)C(N)=O)C1=CC=CC(c2ccccc2)C#C1. The standard InChI is InChI=1S/C19H16N2O2/c20-12-11-17(13-18(22)19(21)23)16-8-4-7-15(9-10-16)14-5-2-1-3-6-14/h1-8,11,15,18,22H,13H2,(H2,21,23)/b17-11-. The minimum atomic E-state index is -1.34. The monoisotopic (exact) mass is 304 g/mol. The van der Waals surface area contributed by atoms with E-state index in [4.69, 9.17) is 11.0 Å². The summed E-state index contributed by atoms with van der Waals surface area (Å²) in [4.78, 5) is 11.0. The van der Waals surface area contributed by atoms with Crippen molar-refractivity contribution >= 4 is 5.91 Å². The van der Waals surface area contributed by atoms with E-state index in [0.717, 1.165) is 5.56 Å². The number of hydrogen-bond donors (Lipinski definition) is 2. The zero-order chi connectivity index (χ0) is 16.7. The molecular weight excluding hydrogens is 288 g/mol. The van der Waals surface area contributed by atoms with Gasteiger partial charge in [-0.05, 0) is 17.2 Å². The second kappa shape index (κ2) is 7.79. The van der Waals surface area contributed by atoms with Crippen molar-refractivity contribution in [2.45, 2.75) is 18.4 Å². The fourth-order valence-electron chi connectivity index (χ4n) is 2.18. The highest BCUT2D eigenvalue weighted by atomic mass is 16.3. The number of carbonyl (C=O) groups is 1. The number of nitriles is 1. The van der Waals surface area contributed by atoms with E-state index in [2.05, 4.69) is 11.8 Å². The average molecular weight is 304 g/mol. The Balaban J connectivity index is 2.25. The van der Waals surface area contributed by atoms with Gasteiger partial charge in [0, 0.05) is 18.1 Å². The molecule has 2 rings (SSSR count). The Morgan fingerprint density at radius 2 is 2.17 bits per heavy atom. The summed E-state index contributed by atoms with van der Waals surface area (Å²) in [5.41, 5.74) is 7.24. The normalized spacial score (nSPS) is 18.0. The van der Waals surface area contributed by atoms with Crippen molar-refractivity contribution in [3.8, 4) is 17.9 Å². The first-order valence-electron chi connectivity index (χ1n) is 7.13. The van der Waals surface area contributed by atoms with E-state index >= 15 is 0 Å². The lowest BCUT2D eigenvalue weighted by Crippen LogP contribution is -2.28. The molecule has 3 N–H and O–H groups in total. The number of hydrogen-bond acceptors (Lipinski definition) is 3. The van der Waals surface area contributed by atoms with Gasteiger partial charge in [0.15, 0.2) is 0 Å². The number of primary amides is 1. The van der Waals surface area contributed by atoms with Crippen LogP contribution in [0.15, 0.2) is 65.8 Å².